The van der Waals surface area contributed by atoms with Gasteiger partial charge in [-0.25, -0.2) is 0 Å². The second kappa shape index (κ2) is 12.7. The van der Waals surface area contributed by atoms with Crippen molar-refractivity contribution < 1.29 is 47.7 Å². The highest BCUT2D eigenvalue weighted by Crippen LogP contribution is 2.14. The molecular weight excluding hydrogens is 378 g/mol. The van der Waals surface area contributed by atoms with Gasteiger partial charge >= 0.3 is 23.9 Å². The number of amides is 1. The Kier molecular flexibility index (Phi) is 11.4. The molecule has 0 fully saturated rings. The van der Waals surface area contributed by atoms with Crippen molar-refractivity contribution in [2.75, 3.05) is 13.2 Å². The Hall–Kier alpha value is -2.69. The van der Waals surface area contributed by atoms with Gasteiger partial charge in [0.25, 0.3) is 0 Å². The summed E-state index contributed by atoms with van der Waals surface area (Å²) in [7, 11) is 0. The van der Waals surface area contributed by atoms with Gasteiger partial charge in [-0.3, -0.25) is 24.0 Å². The van der Waals surface area contributed by atoms with E-state index in [-0.39, 0.29) is 13.2 Å². The number of ether oxygens (including phenoxy) is 5. The number of carbonyl (C=O) groups is 5. The number of hydrogen-bond acceptors (Lipinski definition) is 10. The Morgan fingerprint density at radius 1 is 0.750 bits per heavy atom. The van der Waals surface area contributed by atoms with Crippen LogP contribution in [-0.2, 0) is 47.7 Å². The Bertz CT molecular complexity index is 576. The van der Waals surface area contributed by atoms with E-state index in [9.17, 15) is 24.0 Å². The van der Waals surface area contributed by atoms with E-state index in [0.717, 1.165) is 6.92 Å². The van der Waals surface area contributed by atoms with Gasteiger partial charge in [0, 0.05) is 34.6 Å². The number of rotatable bonds is 11. The van der Waals surface area contributed by atoms with Crippen LogP contribution in [-0.4, -0.2) is 67.5 Å². The Labute approximate surface area is 163 Å². The summed E-state index contributed by atoms with van der Waals surface area (Å²) in [5, 5.41) is 2.46. The average molecular weight is 405 g/mol. The van der Waals surface area contributed by atoms with Gasteiger partial charge in [-0.2, -0.15) is 0 Å². The molecule has 11 heteroatoms. The largest absolute Gasteiger partial charge is 0.463 e. The summed E-state index contributed by atoms with van der Waals surface area (Å²) in [6, 6.07) is -1.06. The molecule has 0 aromatic heterocycles. The summed E-state index contributed by atoms with van der Waals surface area (Å²) < 4.78 is 25.6. The van der Waals surface area contributed by atoms with E-state index in [4.69, 9.17) is 23.7 Å². The molecule has 0 bridgehead atoms. The van der Waals surface area contributed by atoms with Crippen molar-refractivity contribution in [1.82, 2.24) is 5.32 Å². The van der Waals surface area contributed by atoms with Crippen LogP contribution in [0.2, 0.25) is 0 Å². The molecule has 1 amide bonds. The highest BCUT2D eigenvalue weighted by Gasteiger charge is 2.33. The maximum atomic E-state index is 11.5. The number of hydrogen-bond donors (Lipinski definition) is 1. The molecule has 11 nitrogen and oxygen atoms in total. The molecule has 0 radical (unpaired) electrons. The first kappa shape index (κ1) is 25.3. The van der Waals surface area contributed by atoms with Crippen molar-refractivity contribution in [3.63, 3.8) is 0 Å². The van der Waals surface area contributed by atoms with Gasteiger partial charge < -0.3 is 29.0 Å². The van der Waals surface area contributed by atoms with Crippen LogP contribution in [0.15, 0.2) is 0 Å². The third kappa shape index (κ3) is 11.8. The Balaban J connectivity index is 5.55. The zero-order valence-electron chi connectivity index (χ0n) is 16.8. The van der Waals surface area contributed by atoms with Crippen LogP contribution < -0.4 is 5.32 Å². The molecule has 4 atom stereocenters. The second-order valence-corrected chi connectivity index (χ2v) is 5.88. The van der Waals surface area contributed by atoms with Crippen molar-refractivity contribution in [1.29, 1.82) is 0 Å². The van der Waals surface area contributed by atoms with Crippen molar-refractivity contribution in [3.05, 3.63) is 0 Å². The van der Waals surface area contributed by atoms with E-state index >= 15 is 0 Å². The Morgan fingerprint density at radius 2 is 1.25 bits per heavy atom. The van der Waals surface area contributed by atoms with Gasteiger partial charge in [-0.15, -0.1) is 0 Å². The smallest absolute Gasteiger partial charge is 0.305 e. The molecular formula is C17H27NO10. The highest BCUT2D eigenvalue weighted by atomic mass is 16.7. The first-order valence-electron chi connectivity index (χ1n) is 8.46. The van der Waals surface area contributed by atoms with Gasteiger partial charge in [0.05, 0.1) is 0 Å². The number of esters is 4. The summed E-state index contributed by atoms with van der Waals surface area (Å²) in [6.07, 6.45) is -3.34. The molecule has 0 heterocycles. The number of carbonyl (C=O) groups excluding carboxylic acids is 5. The molecule has 0 aromatic carbocycles. The quantitative estimate of drug-likeness (QED) is 0.280. The first-order chi connectivity index (χ1) is 12.9. The monoisotopic (exact) mass is 405 g/mol. The van der Waals surface area contributed by atoms with Crippen LogP contribution in [0.5, 0.6) is 0 Å². The van der Waals surface area contributed by atoms with Gasteiger partial charge in [0.2, 0.25) is 12.2 Å². The van der Waals surface area contributed by atoms with E-state index in [1.165, 1.54) is 34.6 Å². The van der Waals surface area contributed by atoms with Crippen molar-refractivity contribution in [2.45, 2.75) is 66.1 Å². The number of nitrogens with one attached hydrogen (secondary N) is 1. The van der Waals surface area contributed by atoms with Crippen LogP contribution in [0.1, 0.15) is 41.5 Å². The van der Waals surface area contributed by atoms with Gasteiger partial charge in [0.1, 0.15) is 31.5 Å². The molecule has 0 aromatic rings. The summed E-state index contributed by atoms with van der Waals surface area (Å²) in [5.41, 5.74) is 0. The molecule has 0 saturated heterocycles. The van der Waals surface area contributed by atoms with Crippen LogP contribution in [0, 0.1) is 0 Å². The summed E-state index contributed by atoms with van der Waals surface area (Å²) in [5.74, 6) is -3.07. The SMILES string of the molecule is CC(=O)N[C@@H](COC(C)=O)[C@H](OC(C)=O)OC(COC(C)=O)[C@@H](C)OC(C)=O. The van der Waals surface area contributed by atoms with E-state index < -0.39 is 54.3 Å². The van der Waals surface area contributed by atoms with Gasteiger partial charge in [-0.1, -0.05) is 0 Å². The molecule has 0 rings (SSSR count). The summed E-state index contributed by atoms with van der Waals surface area (Å²) >= 11 is 0. The molecule has 0 aliphatic carbocycles. The third-order valence-electron chi connectivity index (χ3n) is 3.10. The fraction of sp³-hybridized carbons (Fsp3) is 0.706. The van der Waals surface area contributed by atoms with E-state index in [1.54, 1.807) is 0 Å². The van der Waals surface area contributed by atoms with Crippen LogP contribution in [0.3, 0.4) is 0 Å². The molecule has 0 spiro atoms. The zero-order chi connectivity index (χ0) is 21.9. The minimum atomic E-state index is -1.42. The maximum Gasteiger partial charge on any atom is 0.305 e. The molecule has 1 unspecified atom stereocenters. The lowest BCUT2D eigenvalue weighted by Gasteiger charge is -2.32. The average Bonchev–Trinajstić information content (AvgIpc) is 2.52. The molecule has 1 N–H and O–H groups in total. The molecule has 0 aliphatic rings. The van der Waals surface area contributed by atoms with Crippen molar-refractivity contribution >= 4 is 29.8 Å². The lowest BCUT2D eigenvalue weighted by atomic mass is 10.2. The fourth-order valence-electron chi connectivity index (χ4n) is 2.02. The van der Waals surface area contributed by atoms with Crippen molar-refractivity contribution in [2.24, 2.45) is 0 Å². The molecule has 0 aliphatic heterocycles. The predicted molar refractivity (Wildman–Crippen MR) is 92.5 cm³/mol. The van der Waals surface area contributed by atoms with E-state index in [1.807, 2.05) is 0 Å². The Morgan fingerprint density at radius 3 is 1.68 bits per heavy atom. The minimum absolute atomic E-state index is 0.318. The topological polar surface area (TPSA) is 144 Å². The standard InChI is InChI=1S/C17H27NO10/c1-9(26-13(5)22)16(8-25-12(4)21)28-17(27-14(6)23)15(18-10(2)19)7-24-11(3)20/h9,15-17H,7-8H2,1-6H3,(H,18,19)/t9-,15+,16?,17-/m1/s1. The summed E-state index contributed by atoms with van der Waals surface area (Å²) in [6.45, 7) is 6.67. The normalized spacial score (nSPS) is 14.6. The molecule has 160 valence electrons. The zero-order valence-corrected chi connectivity index (χ0v) is 16.8. The summed E-state index contributed by atoms with van der Waals surface area (Å²) in [4.78, 5) is 56.4. The highest BCUT2D eigenvalue weighted by molar-refractivity contribution is 5.73. The maximum absolute atomic E-state index is 11.5. The van der Waals surface area contributed by atoms with Crippen LogP contribution in [0.25, 0.3) is 0 Å². The first-order valence-corrected chi connectivity index (χ1v) is 8.46. The van der Waals surface area contributed by atoms with E-state index in [0.29, 0.717) is 0 Å². The van der Waals surface area contributed by atoms with Gasteiger partial charge in [0.15, 0.2) is 0 Å². The van der Waals surface area contributed by atoms with Crippen LogP contribution in [0.4, 0.5) is 0 Å². The second-order valence-electron chi connectivity index (χ2n) is 5.88. The van der Waals surface area contributed by atoms with E-state index in [2.05, 4.69) is 5.32 Å². The minimum Gasteiger partial charge on any atom is -0.463 e. The third-order valence-corrected chi connectivity index (χ3v) is 3.10. The molecule has 28 heavy (non-hydrogen) atoms. The lowest BCUT2D eigenvalue weighted by Crippen LogP contribution is -2.52. The fourth-order valence-corrected chi connectivity index (χ4v) is 2.02. The lowest BCUT2D eigenvalue weighted by molar-refractivity contribution is -0.222. The molecule has 0 saturated carbocycles. The predicted octanol–water partition coefficient (Wildman–Crippen LogP) is -0.157. The van der Waals surface area contributed by atoms with Crippen LogP contribution >= 0.6 is 0 Å². The van der Waals surface area contributed by atoms with Crippen molar-refractivity contribution in [3.8, 4) is 0 Å². The van der Waals surface area contributed by atoms with Gasteiger partial charge in [-0.05, 0) is 6.92 Å².